The molecule has 98 valence electrons. The minimum absolute atomic E-state index is 0.127. The van der Waals surface area contributed by atoms with Crippen LogP contribution >= 0.6 is 0 Å². The van der Waals surface area contributed by atoms with Gasteiger partial charge in [-0.05, 0) is 43.5 Å². The Morgan fingerprint density at radius 2 is 2.00 bits per heavy atom. The highest BCUT2D eigenvalue weighted by molar-refractivity contribution is 7.93. The van der Waals surface area contributed by atoms with E-state index in [4.69, 9.17) is 5.11 Å². The summed E-state index contributed by atoms with van der Waals surface area (Å²) in [6, 6.07) is 3.16. The van der Waals surface area contributed by atoms with Gasteiger partial charge in [-0.2, -0.15) is 0 Å². The highest BCUT2D eigenvalue weighted by atomic mass is 32.2. The Labute approximate surface area is 106 Å². The fourth-order valence-corrected chi connectivity index (χ4v) is 3.68. The highest BCUT2D eigenvalue weighted by Crippen LogP contribution is 2.28. The molecule has 1 fully saturated rings. The van der Waals surface area contributed by atoms with E-state index in [2.05, 4.69) is 0 Å². The van der Waals surface area contributed by atoms with E-state index < -0.39 is 16.0 Å². The first-order valence-electron chi connectivity index (χ1n) is 5.68. The van der Waals surface area contributed by atoms with Crippen LogP contribution in [0.4, 0.5) is 5.69 Å². The summed E-state index contributed by atoms with van der Waals surface area (Å²) in [6.45, 7) is 3.93. The van der Waals surface area contributed by atoms with E-state index in [1.807, 2.05) is 0 Å². The van der Waals surface area contributed by atoms with Crippen LogP contribution in [0.2, 0.25) is 0 Å². The summed E-state index contributed by atoms with van der Waals surface area (Å²) in [7, 11) is -3.27. The molecule has 0 aliphatic carbocycles. The number of rotatable bonds is 2. The van der Waals surface area contributed by atoms with Crippen LogP contribution < -0.4 is 4.31 Å². The number of aromatic carboxylic acids is 1. The molecule has 1 aliphatic heterocycles. The summed E-state index contributed by atoms with van der Waals surface area (Å²) in [5.41, 5.74) is 2.06. The molecule has 0 aromatic heterocycles. The highest BCUT2D eigenvalue weighted by Gasteiger charge is 2.29. The molecule has 18 heavy (non-hydrogen) atoms. The van der Waals surface area contributed by atoms with Crippen molar-refractivity contribution in [2.24, 2.45) is 0 Å². The molecular formula is C12H15NO4S. The van der Waals surface area contributed by atoms with Crippen molar-refractivity contribution >= 4 is 21.7 Å². The second-order valence-corrected chi connectivity index (χ2v) is 6.49. The number of carbonyl (C=O) groups is 1. The lowest BCUT2D eigenvalue weighted by molar-refractivity contribution is 0.0696. The normalized spacial score (nSPS) is 18.0. The van der Waals surface area contributed by atoms with Crippen molar-refractivity contribution in [3.8, 4) is 0 Å². The van der Waals surface area contributed by atoms with Crippen LogP contribution in [0.15, 0.2) is 12.1 Å². The largest absolute Gasteiger partial charge is 0.478 e. The first-order chi connectivity index (χ1) is 8.33. The van der Waals surface area contributed by atoms with Crippen LogP contribution in [0.25, 0.3) is 0 Å². The van der Waals surface area contributed by atoms with Gasteiger partial charge in [0.05, 0.1) is 17.0 Å². The number of anilines is 1. The topological polar surface area (TPSA) is 74.7 Å². The summed E-state index contributed by atoms with van der Waals surface area (Å²) >= 11 is 0. The van der Waals surface area contributed by atoms with Crippen LogP contribution in [-0.2, 0) is 10.0 Å². The average Bonchev–Trinajstić information content (AvgIpc) is 2.61. The van der Waals surface area contributed by atoms with Gasteiger partial charge >= 0.3 is 5.97 Å². The quantitative estimate of drug-likeness (QED) is 0.883. The second-order valence-electron chi connectivity index (χ2n) is 4.48. The number of sulfonamides is 1. The SMILES string of the molecule is Cc1cc(N2CCCS2(=O)=O)cc(C(=O)O)c1C. The number of carboxylic acid groups (broad SMARTS) is 1. The van der Waals surface area contributed by atoms with Crippen LogP contribution in [-0.4, -0.2) is 31.8 Å². The van der Waals surface area contributed by atoms with E-state index in [1.165, 1.54) is 10.4 Å². The van der Waals surface area contributed by atoms with Gasteiger partial charge in [0.1, 0.15) is 0 Å². The number of carboxylic acids is 1. The first-order valence-corrected chi connectivity index (χ1v) is 7.29. The van der Waals surface area contributed by atoms with Gasteiger partial charge in [0.25, 0.3) is 0 Å². The van der Waals surface area contributed by atoms with Crippen LogP contribution in [0.1, 0.15) is 27.9 Å². The molecule has 0 amide bonds. The number of aryl methyl sites for hydroxylation is 1. The third-order valence-corrected chi connectivity index (χ3v) is 5.14. The summed E-state index contributed by atoms with van der Waals surface area (Å²) < 4.78 is 24.9. The molecule has 2 rings (SSSR count). The summed E-state index contributed by atoms with van der Waals surface area (Å²) in [5, 5.41) is 9.12. The maximum absolute atomic E-state index is 11.8. The Morgan fingerprint density at radius 1 is 1.33 bits per heavy atom. The number of benzene rings is 1. The average molecular weight is 269 g/mol. The molecule has 1 aromatic rings. The van der Waals surface area contributed by atoms with Crippen molar-refractivity contribution < 1.29 is 18.3 Å². The molecule has 1 N–H and O–H groups in total. The molecule has 0 spiro atoms. The predicted octanol–water partition coefficient (Wildman–Crippen LogP) is 1.54. The van der Waals surface area contributed by atoms with Gasteiger partial charge in [0.15, 0.2) is 0 Å². The fraction of sp³-hybridized carbons (Fsp3) is 0.417. The van der Waals surface area contributed by atoms with Gasteiger partial charge in [-0.3, -0.25) is 4.31 Å². The zero-order valence-electron chi connectivity index (χ0n) is 10.3. The molecule has 0 unspecified atom stereocenters. The van der Waals surface area contributed by atoms with Gasteiger partial charge in [-0.1, -0.05) is 0 Å². The van der Waals surface area contributed by atoms with Crippen LogP contribution in [0.3, 0.4) is 0 Å². The maximum Gasteiger partial charge on any atom is 0.336 e. The minimum Gasteiger partial charge on any atom is -0.478 e. The lowest BCUT2D eigenvalue weighted by Gasteiger charge is -2.19. The lowest BCUT2D eigenvalue weighted by atomic mass is 10.0. The Bertz CT molecular complexity index is 607. The Kier molecular flexibility index (Phi) is 3.06. The molecular weight excluding hydrogens is 254 g/mol. The molecule has 5 nitrogen and oxygen atoms in total. The smallest absolute Gasteiger partial charge is 0.336 e. The van der Waals surface area contributed by atoms with Crippen LogP contribution in [0.5, 0.6) is 0 Å². The van der Waals surface area contributed by atoms with Gasteiger partial charge in [0, 0.05) is 6.54 Å². The van der Waals surface area contributed by atoms with E-state index >= 15 is 0 Å². The van der Waals surface area contributed by atoms with Gasteiger partial charge in [-0.25, -0.2) is 13.2 Å². The molecule has 1 aliphatic rings. The van der Waals surface area contributed by atoms with E-state index in [0.29, 0.717) is 24.2 Å². The molecule has 6 heteroatoms. The van der Waals surface area contributed by atoms with Gasteiger partial charge < -0.3 is 5.11 Å². The van der Waals surface area contributed by atoms with E-state index in [9.17, 15) is 13.2 Å². The molecule has 1 saturated heterocycles. The van der Waals surface area contributed by atoms with Crippen molar-refractivity contribution in [2.45, 2.75) is 20.3 Å². The molecule has 0 radical (unpaired) electrons. The van der Waals surface area contributed by atoms with Crippen molar-refractivity contribution in [1.82, 2.24) is 0 Å². The predicted molar refractivity (Wildman–Crippen MR) is 68.6 cm³/mol. The number of nitrogens with zero attached hydrogens (tertiary/aromatic N) is 1. The molecule has 0 bridgehead atoms. The summed E-state index contributed by atoms with van der Waals surface area (Å²) in [6.07, 6.45) is 0.581. The van der Waals surface area contributed by atoms with Crippen molar-refractivity contribution in [3.05, 3.63) is 28.8 Å². The van der Waals surface area contributed by atoms with Gasteiger partial charge in [0.2, 0.25) is 10.0 Å². The fourth-order valence-electron chi connectivity index (χ4n) is 2.14. The van der Waals surface area contributed by atoms with Crippen LogP contribution in [0, 0.1) is 13.8 Å². The summed E-state index contributed by atoms with van der Waals surface area (Å²) in [5.74, 6) is -0.906. The Balaban J connectivity index is 2.56. The molecule has 0 atom stereocenters. The van der Waals surface area contributed by atoms with Crippen molar-refractivity contribution in [3.63, 3.8) is 0 Å². The molecule has 1 aromatic carbocycles. The standard InChI is InChI=1S/C12H15NO4S/c1-8-6-10(7-11(9(8)2)12(14)15)13-4-3-5-18(13,16)17/h6-7H,3-5H2,1-2H3,(H,14,15). The van der Waals surface area contributed by atoms with Gasteiger partial charge in [-0.15, -0.1) is 0 Å². The van der Waals surface area contributed by atoms with E-state index in [-0.39, 0.29) is 11.3 Å². The molecule has 0 saturated carbocycles. The lowest BCUT2D eigenvalue weighted by Crippen LogP contribution is -2.25. The second kappa shape index (κ2) is 4.28. The number of hydrogen-bond acceptors (Lipinski definition) is 3. The van der Waals surface area contributed by atoms with E-state index in [0.717, 1.165) is 5.56 Å². The van der Waals surface area contributed by atoms with Crippen molar-refractivity contribution in [2.75, 3.05) is 16.6 Å². The summed E-state index contributed by atoms with van der Waals surface area (Å²) in [4.78, 5) is 11.1. The monoisotopic (exact) mass is 269 g/mol. The Morgan fingerprint density at radius 3 is 2.50 bits per heavy atom. The zero-order valence-corrected chi connectivity index (χ0v) is 11.1. The maximum atomic E-state index is 11.8. The third-order valence-electron chi connectivity index (χ3n) is 3.27. The number of hydrogen-bond donors (Lipinski definition) is 1. The molecule has 1 heterocycles. The van der Waals surface area contributed by atoms with Crippen molar-refractivity contribution in [1.29, 1.82) is 0 Å². The first kappa shape index (κ1) is 12.9. The third kappa shape index (κ3) is 2.08. The Hall–Kier alpha value is -1.56. The minimum atomic E-state index is -3.27. The van der Waals surface area contributed by atoms with E-state index in [1.54, 1.807) is 19.9 Å². The zero-order chi connectivity index (χ0) is 13.5.